The van der Waals surface area contributed by atoms with Gasteiger partial charge in [0.15, 0.2) is 5.82 Å². The van der Waals surface area contributed by atoms with Crippen LogP contribution in [0.25, 0.3) is 0 Å². The van der Waals surface area contributed by atoms with Gasteiger partial charge < -0.3 is 20.5 Å². The highest BCUT2D eigenvalue weighted by atomic mass is 32.1. The molecule has 0 bridgehead atoms. The van der Waals surface area contributed by atoms with E-state index in [1.165, 1.54) is 11.3 Å². The molecule has 1 unspecified atom stereocenters. The molecule has 3 aromatic rings. The Morgan fingerprint density at radius 1 is 1.14 bits per heavy atom. The molecule has 184 valence electrons. The number of hydrogen-bond donors (Lipinski definition) is 2. The normalized spacial score (nSPS) is 15.5. The predicted octanol–water partition coefficient (Wildman–Crippen LogP) is 4.36. The number of thiophene rings is 1. The van der Waals surface area contributed by atoms with Crippen LogP contribution < -0.4 is 11.1 Å². The van der Waals surface area contributed by atoms with Crippen molar-refractivity contribution in [2.75, 3.05) is 5.32 Å². The second-order valence-corrected chi connectivity index (χ2v) is 9.94. The Bertz CT molecular complexity index is 1160. The maximum atomic E-state index is 13.8. The van der Waals surface area contributed by atoms with Gasteiger partial charge in [-0.25, -0.2) is 0 Å². The van der Waals surface area contributed by atoms with Crippen molar-refractivity contribution in [3.05, 3.63) is 70.1 Å². The van der Waals surface area contributed by atoms with E-state index in [2.05, 4.69) is 10.5 Å². The summed E-state index contributed by atoms with van der Waals surface area (Å²) in [6.45, 7) is 1.97. The topological polar surface area (TPSA) is 119 Å². The van der Waals surface area contributed by atoms with Crippen molar-refractivity contribution < 1.29 is 18.9 Å². The molecule has 2 heterocycles. The fourth-order valence-corrected chi connectivity index (χ4v) is 5.77. The molecule has 0 spiro atoms. The molecule has 3 amide bonds. The summed E-state index contributed by atoms with van der Waals surface area (Å²) in [4.78, 5) is 42.3. The first-order valence-corrected chi connectivity index (χ1v) is 12.7. The molecule has 8 nitrogen and oxygen atoms in total. The summed E-state index contributed by atoms with van der Waals surface area (Å²) in [5.74, 6) is -0.407. The molecule has 4 rings (SSSR count). The fraction of sp³-hybridized carbons (Fsp3) is 0.385. The van der Waals surface area contributed by atoms with Crippen molar-refractivity contribution in [2.45, 2.75) is 57.5 Å². The number of benzene rings is 1. The van der Waals surface area contributed by atoms with E-state index in [1.807, 2.05) is 47.8 Å². The van der Waals surface area contributed by atoms with E-state index in [4.69, 9.17) is 10.3 Å². The van der Waals surface area contributed by atoms with E-state index >= 15 is 0 Å². The Balaban J connectivity index is 1.66. The minimum atomic E-state index is -1.29. The number of aromatic nitrogens is 1. The molecular weight excluding hydrogens is 464 g/mol. The van der Waals surface area contributed by atoms with Crippen molar-refractivity contribution in [3.8, 4) is 0 Å². The van der Waals surface area contributed by atoms with Crippen LogP contribution in [-0.2, 0) is 26.5 Å². The molecule has 0 radical (unpaired) electrons. The first-order valence-electron chi connectivity index (χ1n) is 11.8. The minimum absolute atomic E-state index is 0.0556. The quantitative estimate of drug-likeness (QED) is 0.434. The molecule has 2 aromatic heterocycles. The lowest BCUT2D eigenvalue weighted by Gasteiger charge is -2.46. The molecule has 1 aliphatic carbocycles. The molecule has 1 saturated carbocycles. The van der Waals surface area contributed by atoms with Crippen molar-refractivity contribution in [3.63, 3.8) is 0 Å². The van der Waals surface area contributed by atoms with Crippen LogP contribution in [0.1, 0.15) is 54.7 Å². The number of nitrogens with two attached hydrogens (primary N) is 1. The molecular formula is C26H30N4O4S. The Hall–Kier alpha value is -3.46. The van der Waals surface area contributed by atoms with Crippen LogP contribution in [0, 0.1) is 12.8 Å². The standard InChI is InChI=1S/C26H30N4O4S/c1-18-16-22(29-34-18)28-23(31)13-14-24(32)30(17-21-12-7-15-35-21)26(25(27)33,20-10-5-6-11-20)19-8-3-2-4-9-19/h2-4,7-9,12,15-16,20H,5-6,10-11,13-14,17H2,1H3,(H2,27,33)(H,28,29,31). The van der Waals surface area contributed by atoms with Gasteiger partial charge in [0.2, 0.25) is 17.7 Å². The number of hydrogen-bond acceptors (Lipinski definition) is 6. The largest absolute Gasteiger partial charge is 0.367 e. The Morgan fingerprint density at radius 3 is 2.49 bits per heavy atom. The number of anilines is 1. The molecule has 9 heteroatoms. The number of carbonyl (C=O) groups excluding carboxylic acids is 3. The summed E-state index contributed by atoms with van der Waals surface area (Å²) in [5, 5.41) is 8.35. The first kappa shape index (κ1) is 24.7. The maximum absolute atomic E-state index is 13.8. The van der Waals surface area contributed by atoms with Gasteiger partial charge in [0.05, 0.1) is 6.54 Å². The van der Waals surface area contributed by atoms with Gasteiger partial charge in [-0.3, -0.25) is 14.4 Å². The second-order valence-electron chi connectivity index (χ2n) is 8.91. The summed E-state index contributed by atoms with van der Waals surface area (Å²) in [6, 6.07) is 14.8. The van der Waals surface area contributed by atoms with Gasteiger partial charge in [-0.15, -0.1) is 11.3 Å². The monoisotopic (exact) mass is 494 g/mol. The molecule has 1 fully saturated rings. The lowest BCUT2D eigenvalue weighted by molar-refractivity contribution is -0.153. The third-order valence-corrected chi connectivity index (χ3v) is 7.48. The number of nitrogens with one attached hydrogen (secondary N) is 1. The van der Waals surface area contributed by atoms with Crippen molar-refractivity contribution in [1.82, 2.24) is 10.1 Å². The van der Waals surface area contributed by atoms with Gasteiger partial charge in [-0.1, -0.05) is 54.4 Å². The maximum Gasteiger partial charge on any atom is 0.248 e. The SMILES string of the molecule is Cc1cc(NC(=O)CCC(=O)N(Cc2cccs2)C(C(N)=O)(c2ccccc2)C2CCCC2)no1. The molecule has 1 aromatic carbocycles. The molecule has 0 saturated heterocycles. The fourth-order valence-electron chi connectivity index (χ4n) is 5.08. The van der Waals surface area contributed by atoms with Gasteiger partial charge in [0.25, 0.3) is 0 Å². The van der Waals surface area contributed by atoms with Crippen molar-refractivity contribution in [2.24, 2.45) is 11.7 Å². The van der Waals surface area contributed by atoms with Gasteiger partial charge in [-0.05, 0) is 42.7 Å². The van der Waals surface area contributed by atoms with Gasteiger partial charge in [-0.2, -0.15) is 0 Å². The van der Waals surface area contributed by atoms with Crippen LogP contribution in [0.5, 0.6) is 0 Å². The van der Waals surface area contributed by atoms with Gasteiger partial charge >= 0.3 is 0 Å². The predicted molar refractivity (Wildman–Crippen MR) is 133 cm³/mol. The zero-order valence-electron chi connectivity index (χ0n) is 19.7. The van der Waals surface area contributed by atoms with E-state index in [0.29, 0.717) is 17.1 Å². The van der Waals surface area contributed by atoms with Crippen LogP contribution in [0.4, 0.5) is 5.82 Å². The van der Waals surface area contributed by atoms with Gasteiger partial charge in [0.1, 0.15) is 11.3 Å². The second kappa shape index (κ2) is 10.9. The van der Waals surface area contributed by atoms with E-state index in [1.54, 1.807) is 17.9 Å². The van der Waals surface area contributed by atoms with Crippen LogP contribution >= 0.6 is 11.3 Å². The first-order chi connectivity index (χ1) is 16.9. The van der Waals surface area contributed by atoms with E-state index < -0.39 is 11.4 Å². The molecule has 3 N–H and O–H groups in total. The smallest absolute Gasteiger partial charge is 0.248 e. The molecule has 35 heavy (non-hydrogen) atoms. The third-order valence-electron chi connectivity index (χ3n) is 6.62. The highest BCUT2D eigenvalue weighted by molar-refractivity contribution is 7.09. The van der Waals surface area contributed by atoms with E-state index in [0.717, 1.165) is 30.6 Å². The van der Waals surface area contributed by atoms with Crippen LogP contribution in [0.15, 0.2) is 58.4 Å². The zero-order chi connectivity index (χ0) is 24.8. The van der Waals surface area contributed by atoms with E-state index in [-0.39, 0.29) is 37.1 Å². The van der Waals surface area contributed by atoms with Crippen LogP contribution in [-0.4, -0.2) is 27.8 Å². The van der Waals surface area contributed by atoms with Crippen molar-refractivity contribution in [1.29, 1.82) is 0 Å². The Morgan fingerprint density at radius 2 is 1.89 bits per heavy atom. The number of aryl methyl sites for hydroxylation is 1. The lowest BCUT2D eigenvalue weighted by Crippen LogP contribution is -2.60. The Kier molecular flexibility index (Phi) is 7.65. The number of amides is 3. The summed E-state index contributed by atoms with van der Waals surface area (Å²) >= 11 is 1.52. The zero-order valence-corrected chi connectivity index (χ0v) is 20.6. The highest BCUT2D eigenvalue weighted by Gasteiger charge is 2.52. The summed E-state index contributed by atoms with van der Waals surface area (Å²) in [7, 11) is 0. The number of primary amides is 1. The van der Waals surface area contributed by atoms with Crippen LogP contribution in [0.3, 0.4) is 0 Å². The summed E-state index contributed by atoms with van der Waals surface area (Å²) in [5.41, 5.74) is 5.61. The van der Waals surface area contributed by atoms with Crippen molar-refractivity contribution >= 4 is 34.9 Å². The summed E-state index contributed by atoms with van der Waals surface area (Å²) < 4.78 is 4.97. The van der Waals surface area contributed by atoms with Gasteiger partial charge in [0, 0.05) is 23.8 Å². The average Bonchev–Trinajstić information content (AvgIpc) is 3.62. The van der Waals surface area contributed by atoms with E-state index in [9.17, 15) is 14.4 Å². The molecule has 0 aliphatic heterocycles. The lowest BCUT2D eigenvalue weighted by atomic mass is 9.74. The summed E-state index contributed by atoms with van der Waals surface area (Å²) in [6.07, 6.45) is 3.44. The average molecular weight is 495 g/mol. The highest BCUT2D eigenvalue weighted by Crippen LogP contribution is 2.46. The minimum Gasteiger partial charge on any atom is -0.367 e. The number of nitrogens with zero attached hydrogens (tertiary/aromatic N) is 2. The number of carbonyl (C=O) groups is 3. The Labute approximate surface area is 208 Å². The van der Waals surface area contributed by atoms with Crippen LogP contribution in [0.2, 0.25) is 0 Å². The number of rotatable bonds is 10. The molecule has 1 aliphatic rings. The third kappa shape index (κ3) is 5.30. The molecule has 1 atom stereocenters.